The third kappa shape index (κ3) is 44.5. The predicted molar refractivity (Wildman–Crippen MR) is 247 cm³/mol. The first kappa shape index (κ1) is 55.4. The SMILES string of the molecule is CC/C=C\C/C=C\C/C=C\C/C=C\CCCCCCCCCCCCC(=O)OCC(COC(=O)CCCCCCCC)OC(=O)CCCCCCCCCCCCC. The smallest absolute Gasteiger partial charge is 0.306 e. The van der Waals surface area contributed by atoms with Crippen molar-refractivity contribution in [1.29, 1.82) is 0 Å². The summed E-state index contributed by atoms with van der Waals surface area (Å²) in [5, 5.41) is 0. The van der Waals surface area contributed by atoms with E-state index in [9.17, 15) is 14.4 Å². The average molecular weight is 813 g/mol. The van der Waals surface area contributed by atoms with Gasteiger partial charge in [0, 0.05) is 19.3 Å². The van der Waals surface area contributed by atoms with Gasteiger partial charge in [0.25, 0.3) is 0 Å². The molecular weight excluding hydrogens is 721 g/mol. The molecule has 1 unspecified atom stereocenters. The molecule has 1 atom stereocenters. The van der Waals surface area contributed by atoms with E-state index in [4.69, 9.17) is 14.2 Å². The van der Waals surface area contributed by atoms with E-state index in [1.54, 1.807) is 0 Å². The monoisotopic (exact) mass is 813 g/mol. The van der Waals surface area contributed by atoms with E-state index in [1.807, 2.05) is 0 Å². The fraction of sp³-hybridized carbons (Fsp3) is 0.788. The first-order valence-corrected chi connectivity index (χ1v) is 24.6. The molecule has 58 heavy (non-hydrogen) atoms. The molecule has 336 valence electrons. The summed E-state index contributed by atoms with van der Waals surface area (Å²) in [6.07, 6.45) is 55.5. The first-order chi connectivity index (χ1) is 28.5. The molecule has 6 nitrogen and oxygen atoms in total. The number of carbonyl (C=O) groups excluding carboxylic acids is 3. The van der Waals surface area contributed by atoms with Gasteiger partial charge in [-0.2, -0.15) is 0 Å². The molecule has 0 heterocycles. The van der Waals surface area contributed by atoms with Crippen LogP contribution in [0.4, 0.5) is 0 Å². The number of esters is 3. The lowest BCUT2D eigenvalue weighted by Crippen LogP contribution is -2.30. The largest absolute Gasteiger partial charge is 0.462 e. The van der Waals surface area contributed by atoms with Gasteiger partial charge in [0.1, 0.15) is 13.2 Å². The summed E-state index contributed by atoms with van der Waals surface area (Å²) in [5.41, 5.74) is 0. The maximum atomic E-state index is 12.7. The first-order valence-electron chi connectivity index (χ1n) is 24.6. The van der Waals surface area contributed by atoms with Crippen LogP contribution in [0.2, 0.25) is 0 Å². The van der Waals surface area contributed by atoms with Crippen molar-refractivity contribution in [3.05, 3.63) is 48.6 Å². The average Bonchev–Trinajstić information content (AvgIpc) is 3.22. The van der Waals surface area contributed by atoms with Crippen LogP contribution >= 0.6 is 0 Å². The summed E-state index contributed by atoms with van der Waals surface area (Å²) in [4.78, 5) is 37.6. The van der Waals surface area contributed by atoms with Crippen LogP contribution in [-0.4, -0.2) is 37.2 Å². The number of rotatable bonds is 44. The standard InChI is InChI=1S/C52H92O6/c1-4-7-10-13-16-18-20-21-22-23-24-25-26-27-28-29-30-31-33-34-36-39-42-45-51(54)57-48-49(47-56-50(53)44-41-38-15-12-9-6-3)58-52(55)46-43-40-37-35-32-19-17-14-11-8-5-2/h7,10,16,18,21-22,24-25,49H,4-6,8-9,11-15,17,19-20,23,26-48H2,1-3H3/b10-7-,18-16-,22-21-,25-24-. The zero-order chi connectivity index (χ0) is 42.3. The predicted octanol–water partition coefficient (Wildman–Crippen LogP) is 15.9. The highest BCUT2D eigenvalue weighted by Crippen LogP contribution is 2.15. The maximum Gasteiger partial charge on any atom is 0.306 e. The Hall–Kier alpha value is -2.63. The molecule has 0 aromatic heterocycles. The van der Waals surface area contributed by atoms with Crippen molar-refractivity contribution in [2.24, 2.45) is 0 Å². The Balaban J connectivity index is 4.13. The van der Waals surface area contributed by atoms with Gasteiger partial charge in [-0.25, -0.2) is 0 Å². The third-order valence-corrected chi connectivity index (χ3v) is 10.6. The second-order valence-electron chi connectivity index (χ2n) is 16.4. The van der Waals surface area contributed by atoms with E-state index in [2.05, 4.69) is 69.4 Å². The molecule has 0 aliphatic rings. The lowest BCUT2D eigenvalue weighted by atomic mass is 10.1. The highest BCUT2D eigenvalue weighted by molar-refractivity contribution is 5.71. The van der Waals surface area contributed by atoms with Crippen molar-refractivity contribution >= 4 is 17.9 Å². The molecule has 0 aliphatic heterocycles. The van der Waals surface area contributed by atoms with Crippen LogP contribution in [0.15, 0.2) is 48.6 Å². The van der Waals surface area contributed by atoms with Crippen molar-refractivity contribution in [3.63, 3.8) is 0 Å². The van der Waals surface area contributed by atoms with E-state index in [1.165, 1.54) is 122 Å². The van der Waals surface area contributed by atoms with Gasteiger partial charge in [0.05, 0.1) is 0 Å². The summed E-state index contributed by atoms with van der Waals surface area (Å²) in [6, 6.07) is 0. The summed E-state index contributed by atoms with van der Waals surface area (Å²) in [7, 11) is 0. The molecule has 0 aromatic carbocycles. The fourth-order valence-electron chi connectivity index (χ4n) is 6.90. The summed E-state index contributed by atoms with van der Waals surface area (Å²) in [5.74, 6) is -0.883. The minimum absolute atomic E-state index is 0.0722. The lowest BCUT2D eigenvalue weighted by molar-refractivity contribution is -0.167. The van der Waals surface area contributed by atoms with E-state index in [0.717, 1.165) is 83.5 Å². The van der Waals surface area contributed by atoms with Gasteiger partial charge >= 0.3 is 17.9 Å². The Morgan fingerprint density at radius 3 is 1.05 bits per heavy atom. The van der Waals surface area contributed by atoms with Gasteiger partial charge in [0.15, 0.2) is 6.10 Å². The highest BCUT2D eigenvalue weighted by atomic mass is 16.6. The quantitative estimate of drug-likeness (QED) is 0.0264. The zero-order valence-electron chi connectivity index (χ0n) is 38.3. The lowest BCUT2D eigenvalue weighted by Gasteiger charge is -2.18. The summed E-state index contributed by atoms with van der Waals surface area (Å²) in [6.45, 7) is 6.46. The van der Waals surface area contributed by atoms with E-state index >= 15 is 0 Å². The molecule has 0 aliphatic carbocycles. The van der Waals surface area contributed by atoms with Crippen molar-refractivity contribution in [1.82, 2.24) is 0 Å². The molecule has 0 rings (SSSR count). The van der Waals surface area contributed by atoms with Crippen LogP contribution in [0.5, 0.6) is 0 Å². The molecule has 0 saturated carbocycles. The number of unbranched alkanes of at least 4 members (excludes halogenated alkanes) is 25. The Bertz CT molecular complexity index is 1030. The number of hydrogen-bond acceptors (Lipinski definition) is 6. The Labute approximate surface area is 358 Å². The Kier molecular flexibility index (Phi) is 44.9. The number of allylic oxidation sites excluding steroid dienone is 8. The summed E-state index contributed by atoms with van der Waals surface area (Å²) < 4.78 is 16.7. The second-order valence-corrected chi connectivity index (χ2v) is 16.4. The van der Waals surface area contributed by atoms with Crippen molar-refractivity contribution in [3.8, 4) is 0 Å². The molecule has 0 saturated heterocycles. The minimum Gasteiger partial charge on any atom is -0.462 e. The topological polar surface area (TPSA) is 78.9 Å². The molecule has 6 heteroatoms. The second kappa shape index (κ2) is 47.1. The molecule has 0 bridgehead atoms. The fourth-order valence-corrected chi connectivity index (χ4v) is 6.90. The van der Waals surface area contributed by atoms with Crippen LogP contribution in [0.25, 0.3) is 0 Å². The van der Waals surface area contributed by atoms with Gasteiger partial charge in [-0.1, -0.05) is 217 Å². The van der Waals surface area contributed by atoms with Crippen molar-refractivity contribution in [2.45, 2.75) is 252 Å². The van der Waals surface area contributed by atoms with Crippen molar-refractivity contribution < 1.29 is 28.6 Å². The summed E-state index contributed by atoms with van der Waals surface area (Å²) >= 11 is 0. The van der Waals surface area contributed by atoms with E-state index in [0.29, 0.717) is 19.3 Å². The minimum atomic E-state index is -0.766. The zero-order valence-corrected chi connectivity index (χ0v) is 38.3. The molecule has 0 N–H and O–H groups in total. The van der Waals surface area contributed by atoms with Crippen LogP contribution in [-0.2, 0) is 28.6 Å². The molecule has 0 aromatic rings. The van der Waals surface area contributed by atoms with E-state index < -0.39 is 6.10 Å². The Morgan fingerprint density at radius 2 is 0.672 bits per heavy atom. The van der Waals surface area contributed by atoms with Crippen LogP contribution < -0.4 is 0 Å². The molecule has 0 spiro atoms. The molecule has 0 amide bonds. The molecular formula is C52H92O6. The van der Waals surface area contributed by atoms with Gasteiger partial charge in [-0.3, -0.25) is 14.4 Å². The molecule has 0 radical (unpaired) electrons. The maximum absolute atomic E-state index is 12.7. The van der Waals surface area contributed by atoms with Gasteiger partial charge in [0.2, 0.25) is 0 Å². The van der Waals surface area contributed by atoms with Gasteiger partial charge < -0.3 is 14.2 Å². The number of hydrogen-bond donors (Lipinski definition) is 0. The number of carbonyl (C=O) groups is 3. The van der Waals surface area contributed by atoms with Crippen LogP contribution in [0, 0.1) is 0 Å². The highest BCUT2D eigenvalue weighted by Gasteiger charge is 2.19. The van der Waals surface area contributed by atoms with E-state index in [-0.39, 0.29) is 31.1 Å². The Morgan fingerprint density at radius 1 is 0.362 bits per heavy atom. The number of ether oxygens (including phenoxy) is 3. The van der Waals surface area contributed by atoms with Crippen LogP contribution in [0.3, 0.4) is 0 Å². The van der Waals surface area contributed by atoms with Crippen LogP contribution in [0.1, 0.15) is 245 Å². The molecule has 0 fully saturated rings. The van der Waals surface area contributed by atoms with Gasteiger partial charge in [-0.05, 0) is 57.8 Å². The third-order valence-electron chi connectivity index (χ3n) is 10.6. The normalized spacial score (nSPS) is 12.4. The van der Waals surface area contributed by atoms with Crippen molar-refractivity contribution in [2.75, 3.05) is 13.2 Å². The van der Waals surface area contributed by atoms with Gasteiger partial charge in [-0.15, -0.1) is 0 Å².